The number of halogens is 1. The molecular formula is C18H19ClN2O4. The van der Waals surface area contributed by atoms with Gasteiger partial charge in [0.1, 0.15) is 5.75 Å². The summed E-state index contributed by atoms with van der Waals surface area (Å²) in [6.07, 6.45) is -0.779. The summed E-state index contributed by atoms with van der Waals surface area (Å²) >= 11 is 6.12. The predicted octanol–water partition coefficient (Wildman–Crippen LogP) is 4.58. The summed E-state index contributed by atoms with van der Waals surface area (Å²) in [5, 5.41) is 14.2. The van der Waals surface area contributed by atoms with Crippen LogP contribution < -0.4 is 10.1 Å². The number of aryl methyl sites for hydroxylation is 3. The van der Waals surface area contributed by atoms with E-state index >= 15 is 0 Å². The molecule has 0 spiro atoms. The third kappa shape index (κ3) is 4.48. The van der Waals surface area contributed by atoms with Crippen molar-refractivity contribution in [2.24, 2.45) is 0 Å². The molecule has 0 aliphatic carbocycles. The van der Waals surface area contributed by atoms with Crippen molar-refractivity contribution >= 4 is 28.9 Å². The van der Waals surface area contributed by atoms with Crippen molar-refractivity contribution in [3.8, 4) is 5.75 Å². The molecule has 1 N–H and O–H groups in total. The van der Waals surface area contributed by atoms with Gasteiger partial charge < -0.3 is 10.1 Å². The van der Waals surface area contributed by atoms with E-state index in [2.05, 4.69) is 5.32 Å². The molecule has 132 valence electrons. The number of nitrogens with zero attached hydrogens (tertiary/aromatic N) is 1. The van der Waals surface area contributed by atoms with Crippen LogP contribution in [0.2, 0.25) is 5.02 Å². The Hall–Kier alpha value is -2.60. The highest BCUT2D eigenvalue weighted by molar-refractivity contribution is 6.32. The molecule has 0 heterocycles. The predicted molar refractivity (Wildman–Crippen MR) is 97.5 cm³/mol. The van der Waals surface area contributed by atoms with E-state index in [0.717, 1.165) is 16.7 Å². The Labute approximate surface area is 150 Å². The van der Waals surface area contributed by atoms with Gasteiger partial charge in [-0.25, -0.2) is 0 Å². The number of carbonyl (C=O) groups excluding carboxylic acids is 1. The summed E-state index contributed by atoms with van der Waals surface area (Å²) in [5.41, 5.74) is 2.75. The van der Waals surface area contributed by atoms with Gasteiger partial charge in [0, 0.05) is 17.2 Å². The van der Waals surface area contributed by atoms with Crippen molar-refractivity contribution in [1.82, 2.24) is 0 Å². The van der Waals surface area contributed by atoms with E-state index < -0.39 is 16.9 Å². The van der Waals surface area contributed by atoms with E-state index in [9.17, 15) is 14.9 Å². The first kappa shape index (κ1) is 18.7. The molecule has 1 atom stereocenters. The van der Waals surface area contributed by atoms with E-state index in [4.69, 9.17) is 16.3 Å². The summed E-state index contributed by atoms with van der Waals surface area (Å²) in [7, 11) is 0. The lowest BCUT2D eigenvalue weighted by atomic mass is 10.1. The number of ether oxygens (including phenoxy) is 1. The van der Waals surface area contributed by atoms with Crippen LogP contribution in [0.15, 0.2) is 30.3 Å². The SMILES string of the molecule is Cc1ccc([N+](=O)[O-])cc1NC(=O)C(C)Oc1cc(C)c(Cl)c(C)c1. The van der Waals surface area contributed by atoms with Gasteiger partial charge in [0.05, 0.1) is 10.6 Å². The zero-order chi connectivity index (χ0) is 18.7. The molecule has 6 nitrogen and oxygen atoms in total. The fourth-order valence-corrected chi connectivity index (χ4v) is 2.43. The molecule has 0 bridgehead atoms. The highest BCUT2D eigenvalue weighted by atomic mass is 35.5. The standard InChI is InChI=1S/C18H19ClN2O4/c1-10-5-6-14(21(23)24)9-16(10)20-18(22)13(4)25-15-7-11(2)17(19)12(3)8-15/h5-9,13H,1-4H3,(H,20,22). The maximum atomic E-state index is 12.4. The summed E-state index contributed by atoms with van der Waals surface area (Å²) < 4.78 is 5.68. The van der Waals surface area contributed by atoms with E-state index in [1.165, 1.54) is 12.1 Å². The Kier molecular flexibility index (Phi) is 5.64. The Morgan fingerprint density at radius 1 is 1.16 bits per heavy atom. The summed E-state index contributed by atoms with van der Waals surface area (Å²) in [5.74, 6) is 0.145. The van der Waals surface area contributed by atoms with Crippen LogP contribution in [0, 0.1) is 30.9 Å². The molecule has 7 heteroatoms. The third-order valence-electron chi connectivity index (χ3n) is 3.78. The molecule has 2 aromatic carbocycles. The molecule has 0 saturated carbocycles. The van der Waals surface area contributed by atoms with Gasteiger partial charge in [0.25, 0.3) is 11.6 Å². The molecule has 2 aromatic rings. The van der Waals surface area contributed by atoms with Gasteiger partial charge >= 0.3 is 0 Å². The second-order valence-electron chi connectivity index (χ2n) is 5.88. The zero-order valence-corrected chi connectivity index (χ0v) is 15.2. The molecule has 25 heavy (non-hydrogen) atoms. The van der Waals surface area contributed by atoms with Crippen molar-refractivity contribution in [2.45, 2.75) is 33.8 Å². The number of nitro groups is 1. The number of hydrogen-bond acceptors (Lipinski definition) is 4. The van der Waals surface area contributed by atoms with Crippen LogP contribution in [0.1, 0.15) is 23.6 Å². The van der Waals surface area contributed by atoms with Gasteiger partial charge in [-0.15, -0.1) is 0 Å². The van der Waals surface area contributed by atoms with Crippen molar-refractivity contribution in [3.63, 3.8) is 0 Å². The van der Waals surface area contributed by atoms with Crippen LogP contribution >= 0.6 is 11.6 Å². The first-order valence-electron chi connectivity index (χ1n) is 7.68. The van der Waals surface area contributed by atoms with Crippen LogP contribution in [0.4, 0.5) is 11.4 Å². The minimum Gasteiger partial charge on any atom is -0.481 e. The van der Waals surface area contributed by atoms with E-state index in [0.29, 0.717) is 16.5 Å². The first-order valence-corrected chi connectivity index (χ1v) is 8.06. The Balaban J connectivity index is 2.13. The van der Waals surface area contributed by atoms with Crippen molar-refractivity contribution in [3.05, 3.63) is 62.2 Å². The van der Waals surface area contributed by atoms with Gasteiger partial charge in [-0.05, 0) is 56.5 Å². The molecule has 0 fully saturated rings. The number of nitrogens with one attached hydrogen (secondary N) is 1. The third-order valence-corrected chi connectivity index (χ3v) is 4.38. The highest BCUT2D eigenvalue weighted by Crippen LogP contribution is 2.27. The highest BCUT2D eigenvalue weighted by Gasteiger charge is 2.18. The van der Waals surface area contributed by atoms with Gasteiger partial charge in [0.2, 0.25) is 0 Å². The second-order valence-corrected chi connectivity index (χ2v) is 6.25. The van der Waals surface area contributed by atoms with Gasteiger partial charge in [-0.3, -0.25) is 14.9 Å². The molecule has 0 aliphatic rings. The molecule has 0 radical (unpaired) electrons. The Morgan fingerprint density at radius 2 is 1.76 bits per heavy atom. The monoisotopic (exact) mass is 362 g/mol. The van der Waals surface area contributed by atoms with Crippen LogP contribution in [0.25, 0.3) is 0 Å². The number of carbonyl (C=O) groups is 1. The lowest BCUT2D eigenvalue weighted by Gasteiger charge is -2.17. The average Bonchev–Trinajstić information content (AvgIpc) is 2.54. The van der Waals surface area contributed by atoms with Gasteiger partial charge in [0.15, 0.2) is 6.10 Å². The van der Waals surface area contributed by atoms with E-state index in [1.54, 1.807) is 32.0 Å². The van der Waals surface area contributed by atoms with Crippen molar-refractivity contribution in [1.29, 1.82) is 0 Å². The minimum absolute atomic E-state index is 0.0848. The zero-order valence-electron chi connectivity index (χ0n) is 14.4. The van der Waals surface area contributed by atoms with Crippen LogP contribution in [-0.4, -0.2) is 16.9 Å². The minimum atomic E-state index is -0.779. The second kappa shape index (κ2) is 7.53. The number of anilines is 1. The van der Waals surface area contributed by atoms with Crippen LogP contribution in [0.5, 0.6) is 5.75 Å². The van der Waals surface area contributed by atoms with Crippen molar-refractivity contribution < 1.29 is 14.5 Å². The fourth-order valence-electron chi connectivity index (χ4n) is 2.32. The Morgan fingerprint density at radius 3 is 2.32 bits per heavy atom. The van der Waals surface area contributed by atoms with E-state index in [-0.39, 0.29) is 5.69 Å². The topological polar surface area (TPSA) is 81.5 Å². The van der Waals surface area contributed by atoms with Crippen LogP contribution in [-0.2, 0) is 4.79 Å². The molecular weight excluding hydrogens is 344 g/mol. The average molecular weight is 363 g/mol. The van der Waals surface area contributed by atoms with Gasteiger partial charge in [-0.2, -0.15) is 0 Å². The molecule has 1 amide bonds. The summed E-state index contributed by atoms with van der Waals surface area (Å²) in [4.78, 5) is 22.7. The number of nitro benzene ring substituents is 1. The maximum Gasteiger partial charge on any atom is 0.271 e. The molecule has 0 aliphatic heterocycles. The Bertz CT molecular complexity index is 813. The molecule has 0 saturated heterocycles. The lowest BCUT2D eigenvalue weighted by molar-refractivity contribution is -0.384. The molecule has 2 rings (SSSR count). The molecule has 0 aromatic heterocycles. The summed E-state index contributed by atoms with van der Waals surface area (Å²) in [6, 6.07) is 7.83. The van der Waals surface area contributed by atoms with E-state index in [1.807, 2.05) is 13.8 Å². The number of amides is 1. The largest absolute Gasteiger partial charge is 0.481 e. The van der Waals surface area contributed by atoms with Crippen molar-refractivity contribution in [2.75, 3.05) is 5.32 Å². The smallest absolute Gasteiger partial charge is 0.271 e. The summed E-state index contributed by atoms with van der Waals surface area (Å²) in [6.45, 7) is 7.09. The molecule has 1 unspecified atom stereocenters. The normalized spacial score (nSPS) is 11.7. The number of benzene rings is 2. The first-order chi connectivity index (χ1) is 11.7. The number of hydrogen-bond donors (Lipinski definition) is 1. The maximum absolute atomic E-state index is 12.4. The van der Waals surface area contributed by atoms with Gasteiger partial charge in [-0.1, -0.05) is 17.7 Å². The lowest BCUT2D eigenvalue weighted by Crippen LogP contribution is -2.30. The number of non-ortho nitro benzene ring substituents is 1. The quantitative estimate of drug-likeness (QED) is 0.623. The van der Waals surface area contributed by atoms with Crippen LogP contribution in [0.3, 0.4) is 0 Å². The fraction of sp³-hybridized carbons (Fsp3) is 0.278. The number of rotatable bonds is 5.